The van der Waals surface area contributed by atoms with Crippen molar-refractivity contribution in [1.82, 2.24) is 4.98 Å². The van der Waals surface area contributed by atoms with Gasteiger partial charge in [0.25, 0.3) is 0 Å². The molecule has 94 valence electrons. The third-order valence-corrected chi connectivity index (χ3v) is 3.25. The van der Waals surface area contributed by atoms with Crippen molar-refractivity contribution >= 4 is 16.5 Å². The second kappa shape index (κ2) is 5.11. The summed E-state index contributed by atoms with van der Waals surface area (Å²) in [5.74, 6) is 0. The van der Waals surface area contributed by atoms with Gasteiger partial charge in [-0.25, -0.2) is 0 Å². The van der Waals surface area contributed by atoms with Gasteiger partial charge in [0.15, 0.2) is 0 Å². The zero-order valence-corrected chi connectivity index (χ0v) is 10.9. The molecule has 1 aromatic heterocycles. The van der Waals surface area contributed by atoms with Crippen LogP contribution in [0.4, 0.5) is 5.69 Å². The predicted octanol–water partition coefficient (Wildman–Crippen LogP) is 4.16. The number of nitrogens with one attached hydrogen (secondary N) is 1. The highest BCUT2D eigenvalue weighted by Crippen LogP contribution is 2.22. The zero-order valence-electron chi connectivity index (χ0n) is 10.9. The van der Waals surface area contributed by atoms with E-state index in [1.165, 1.54) is 16.5 Å². The molecule has 2 heteroatoms. The van der Waals surface area contributed by atoms with E-state index in [-0.39, 0.29) is 0 Å². The number of nitrogens with zero attached hydrogens (tertiary/aromatic N) is 1. The molecule has 0 bridgehead atoms. The minimum atomic E-state index is 0.829. The number of benzene rings is 2. The number of anilines is 1. The summed E-state index contributed by atoms with van der Waals surface area (Å²) in [5, 5.41) is 5.87. The Kier molecular flexibility index (Phi) is 3.15. The molecule has 19 heavy (non-hydrogen) atoms. The van der Waals surface area contributed by atoms with Crippen LogP contribution in [0.1, 0.15) is 11.1 Å². The molecule has 0 fully saturated rings. The van der Waals surface area contributed by atoms with Crippen LogP contribution < -0.4 is 5.32 Å². The summed E-state index contributed by atoms with van der Waals surface area (Å²) in [7, 11) is 0. The minimum absolute atomic E-state index is 0.829. The van der Waals surface area contributed by atoms with Gasteiger partial charge in [-0.1, -0.05) is 42.0 Å². The van der Waals surface area contributed by atoms with Crippen LogP contribution in [0.25, 0.3) is 10.8 Å². The lowest BCUT2D eigenvalue weighted by atomic mass is 10.1. The van der Waals surface area contributed by atoms with Crippen LogP contribution in [0.3, 0.4) is 0 Å². The molecule has 1 heterocycles. The highest BCUT2D eigenvalue weighted by Gasteiger charge is 2.00. The van der Waals surface area contributed by atoms with E-state index in [1.54, 1.807) is 0 Å². The average Bonchev–Trinajstić information content (AvgIpc) is 2.45. The van der Waals surface area contributed by atoms with Crippen LogP contribution in [0, 0.1) is 6.92 Å². The van der Waals surface area contributed by atoms with Crippen LogP contribution in [-0.4, -0.2) is 4.98 Å². The molecule has 0 unspecified atom stereocenters. The van der Waals surface area contributed by atoms with Crippen molar-refractivity contribution in [1.29, 1.82) is 0 Å². The number of rotatable bonds is 3. The molecule has 2 aromatic carbocycles. The van der Waals surface area contributed by atoms with Gasteiger partial charge in [0.05, 0.1) is 0 Å². The molecule has 0 saturated carbocycles. The second-order valence-electron chi connectivity index (χ2n) is 4.74. The normalized spacial score (nSPS) is 10.6. The molecule has 0 radical (unpaired) electrons. The van der Waals surface area contributed by atoms with E-state index < -0.39 is 0 Å². The summed E-state index contributed by atoms with van der Waals surface area (Å²) >= 11 is 0. The second-order valence-corrected chi connectivity index (χ2v) is 4.74. The first-order chi connectivity index (χ1) is 9.33. The monoisotopic (exact) mass is 248 g/mol. The Balaban J connectivity index is 1.86. The Morgan fingerprint density at radius 3 is 2.84 bits per heavy atom. The Morgan fingerprint density at radius 2 is 1.95 bits per heavy atom. The molecule has 0 aliphatic heterocycles. The maximum absolute atomic E-state index is 4.20. The topological polar surface area (TPSA) is 24.9 Å². The van der Waals surface area contributed by atoms with Gasteiger partial charge in [-0.3, -0.25) is 4.98 Å². The first-order valence-electron chi connectivity index (χ1n) is 6.45. The lowest BCUT2D eigenvalue weighted by Gasteiger charge is -2.10. The lowest BCUT2D eigenvalue weighted by molar-refractivity contribution is 1.14. The van der Waals surface area contributed by atoms with Gasteiger partial charge in [-0.05, 0) is 30.0 Å². The van der Waals surface area contributed by atoms with Gasteiger partial charge < -0.3 is 5.32 Å². The van der Waals surface area contributed by atoms with Crippen LogP contribution in [-0.2, 0) is 6.54 Å². The van der Waals surface area contributed by atoms with Gasteiger partial charge in [-0.15, -0.1) is 0 Å². The molecule has 0 amide bonds. The van der Waals surface area contributed by atoms with Crippen LogP contribution in [0.15, 0.2) is 60.9 Å². The Hall–Kier alpha value is -2.35. The van der Waals surface area contributed by atoms with Crippen LogP contribution >= 0.6 is 0 Å². The van der Waals surface area contributed by atoms with Crippen LogP contribution in [0.5, 0.6) is 0 Å². The number of hydrogen-bond acceptors (Lipinski definition) is 2. The fourth-order valence-electron chi connectivity index (χ4n) is 2.29. The average molecular weight is 248 g/mol. The van der Waals surface area contributed by atoms with E-state index >= 15 is 0 Å². The first-order valence-corrected chi connectivity index (χ1v) is 6.45. The molecule has 0 saturated heterocycles. The lowest BCUT2D eigenvalue weighted by Crippen LogP contribution is -2.00. The molecule has 0 aliphatic rings. The van der Waals surface area contributed by atoms with Crippen molar-refractivity contribution in [3.05, 3.63) is 72.1 Å². The SMILES string of the molecule is Cc1cccc(CNc2cccc3ccncc23)c1. The van der Waals surface area contributed by atoms with E-state index in [1.807, 2.05) is 18.5 Å². The maximum Gasteiger partial charge on any atom is 0.0438 e. The number of pyridine rings is 1. The van der Waals surface area contributed by atoms with Crippen molar-refractivity contribution in [3.8, 4) is 0 Å². The summed E-state index contributed by atoms with van der Waals surface area (Å²) in [6.07, 6.45) is 3.74. The van der Waals surface area contributed by atoms with E-state index in [4.69, 9.17) is 0 Å². The molecule has 0 aliphatic carbocycles. The van der Waals surface area contributed by atoms with E-state index in [0.29, 0.717) is 0 Å². The Morgan fingerprint density at radius 1 is 1.05 bits per heavy atom. The summed E-state index contributed by atoms with van der Waals surface area (Å²) < 4.78 is 0. The minimum Gasteiger partial charge on any atom is -0.380 e. The molecular weight excluding hydrogens is 232 g/mol. The van der Waals surface area contributed by atoms with Gasteiger partial charge >= 0.3 is 0 Å². The Bertz CT molecular complexity index is 699. The fourth-order valence-corrected chi connectivity index (χ4v) is 2.29. The molecule has 1 N–H and O–H groups in total. The predicted molar refractivity (Wildman–Crippen MR) is 80.2 cm³/mol. The Labute approximate surface area is 113 Å². The first kappa shape index (κ1) is 11.7. The van der Waals surface area contributed by atoms with Crippen LogP contribution in [0.2, 0.25) is 0 Å². The van der Waals surface area contributed by atoms with Gasteiger partial charge in [0.1, 0.15) is 0 Å². The van der Waals surface area contributed by atoms with Crippen molar-refractivity contribution < 1.29 is 0 Å². The summed E-state index contributed by atoms with van der Waals surface area (Å²) in [4.78, 5) is 4.20. The highest BCUT2D eigenvalue weighted by molar-refractivity contribution is 5.93. The van der Waals surface area contributed by atoms with Crippen molar-refractivity contribution in [2.45, 2.75) is 13.5 Å². The summed E-state index contributed by atoms with van der Waals surface area (Å²) in [5.41, 5.74) is 3.71. The number of aryl methyl sites for hydroxylation is 1. The zero-order chi connectivity index (χ0) is 13.1. The van der Waals surface area contributed by atoms with E-state index in [0.717, 1.165) is 17.6 Å². The van der Waals surface area contributed by atoms with Gasteiger partial charge in [-0.2, -0.15) is 0 Å². The summed E-state index contributed by atoms with van der Waals surface area (Å²) in [6.45, 7) is 2.95. The quantitative estimate of drug-likeness (QED) is 0.753. The number of aromatic nitrogens is 1. The number of fused-ring (bicyclic) bond motifs is 1. The van der Waals surface area contributed by atoms with Crippen molar-refractivity contribution in [2.24, 2.45) is 0 Å². The van der Waals surface area contributed by atoms with Crippen molar-refractivity contribution in [2.75, 3.05) is 5.32 Å². The van der Waals surface area contributed by atoms with Crippen molar-refractivity contribution in [3.63, 3.8) is 0 Å². The smallest absolute Gasteiger partial charge is 0.0438 e. The molecular formula is C17H16N2. The molecule has 3 rings (SSSR count). The fraction of sp³-hybridized carbons (Fsp3) is 0.118. The maximum atomic E-state index is 4.20. The largest absolute Gasteiger partial charge is 0.380 e. The van der Waals surface area contributed by atoms with Gasteiger partial charge in [0, 0.05) is 30.0 Å². The third-order valence-electron chi connectivity index (χ3n) is 3.25. The van der Waals surface area contributed by atoms with E-state index in [9.17, 15) is 0 Å². The highest BCUT2D eigenvalue weighted by atomic mass is 14.9. The molecule has 3 aromatic rings. The molecule has 0 spiro atoms. The standard InChI is InChI=1S/C17H16N2/c1-13-4-2-5-14(10-13)11-19-17-7-3-6-15-8-9-18-12-16(15)17/h2-10,12,19H,11H2,1H3. The third kappa shape index (κ3) is 2.58. The molecule has 0 atom stereocenters. The number of hydrogen-bond donors (Lipinski definition) is 1. The van der Waals surface area contributed by atoms with Gasteiger partial charge in [0.2, 0.25) is 0 Å². The molecule has 2 nitrogen and oxygen atoms in total. The summed E-state index contributed by atoms with van der Waals surface area (Å²) in [6, 6.07) is 16.9. The van der Waals surface area contributed by atoms with E-state index in [2.05, 4.69) is 59.7 Å².